The second-order valence-corrected chi connectivity index (χ2v) is 6.64. The van der Waals surface area contributed by atoms with Crippen LogP contribution in [-0.4, -0.2) is 0 Å². The van der Waals surface area contributed by atoms with Gasteiger partial charge >= 0.3 is 6.18 Å². The minimum absolute atomic E-state index is 0.0996. The maximum absolute atomic E-state index is 14.2. The minimum atomic E-state index is -5.07. The van der Waals surface area contributed by atoms with Crippen molar-refractivity contribution in [1.29, 1.82) is 0 Å². The van der Waals surface area contributed by atoms with Crippen molar-refractivity contribution in [1.82, 2.24) is 0 Å². The molecule has 0 saturated carbocycles. The second kappa shape index (κ2) is 7.67. The van der Waals surface area contributed by atoms with E-state index in [2.05, 4.69) is 6.92 Å². The van der Waals surface area contributed by atoms with Crippen molar-refractivity contribution in [3.63, 3.8) is 0 Å². The Balaban J connectivity index is 1.95. The monoisotopic (exact) mass is 378 g/mol. The van der Waals surface area contributed by atoms with E-state index in [9.17, 15) is 22.0 Å². The van der Waals surface area contributed by atoms with Gasteiger partial charge in [0, 0.05) is 5.39 Å². The van der Waals surface area contributed by atoms with E-state index < -0.39 is 23.4 Å². The summed E-state index contributed by atoms with van der Waals surface area (Å²) in [7, 11) is 0. The van der Waals surface area contributed by atoms with Gasteiger partial charge in [-0.3, -0.25) is 0 Å². The summed E-state index contributed by atoms with van der Waals surface area (Å²) in [6.07, 6.45) is -0.648. The van der Waals surface area contributed by atoms with Gasteiger partial charge in [-0.25, -0.2) is 8.78 Å². The molecule has 142 valence electrons. The molecule has 0 aromatic heterocycles. The van der Waals surface area contributed by atoms with Crippen LogP contribution in [-0.2, 0) is 12.6 Å². The Morgan fingerprint density at radius 3 is 2.11 bits per heavy atom. The predicted molar refractivity (Wildman–Crippen MR) is 97.5 cm³/mol. The number of rotatable bonds is 5. The molecule has 3 aromatic rings. The van der Waals surface area contributed by atoms with Crippen molar-refractivity contribution in [3.8, 4) is 11.1 Å². The third-order valence-corrected chi connectivity index (χ3v) is 4.67. The largest absolute Gasteiger partial charge is 0.422 e. The molecule has 0 N–H and O–H groups in total. The van der Waals surface area contributed by atoms with Gasteiger partial charge < -0.3 is 0 Å². The van der Waals surface area contributed by atoms with Crippen molar-refractivity contribution < 1.29 is 22.0 Å². The van der Waals surface area contributed by atoms with Crippen molar-refractivity contribution in [3.05, 3.63) is 71.3 Å². The molecule has 0 radical (unpaired) electrons. The number of unbranched alkanes of at least 4 members (excludes halogenated alkanes) is 2. The van der Waals surface area contributed by atoms with Gasteiger partial charge in [0.05, 0.1) is 0 Å². The molecule has 0 aliphatic rings. The van der Waals surface area contributed by atoms with Crippen LogP contribution >= 0.6 is 0 Å². The minimum Gasteiger partial charge on any atom is -0.206 e. The zero-order chi connectivity index (χ0) is 19.6. The highest BCUT2D eigenvalue weighted by molar-refractivity contribution is 5.88. The summed E-state index contributed by atoms with van der Waals surface area (Å²) in [5.41, 5.74) is 0.900. The molecule has 0 bridgehead atoms. The van der Waals surface area contributed by atoms with Crippen LogP contribution in [0.4, 0.5) is 22.0 Å². The van der Waals surface area contributed by atoms with Crippen molar-refractivity contribution in [2.45, 2.75) is 38.8 Å². The SMILES string of the molecule is CCCCCc1ccc(-c2ccc3c(F)c(C(F)(F)F)c(F)cc3c2)cc1. The molecule has 5 heteroatoms. The average Bonchev–Trinajstić information content (AvgIpc) is 2.61. The van der Waals surface area contributed by atoms with Crippen LogP contribution < -0.4 is 0 Å². The summed E-state index contributed by atoms with van der Waals surface area (Å²) in [5.74, 6) is -3.17. The van der Waals surface area contributed by atoms with Crippen molar-refractivity contribution in [2.24, 2.45) is 0 Å². The molecule has 0 heterocycles. The fourth-order valence-corrected chi connectivity index (χ4v) is 3.21. The topological polar surface area (TPSA) is 0 Å². The summed E-state index contributed by atoms with van der Waals surface area (Å²) in [6, 6.07) is 12.9. The summed E-state index contributed by atoms with van der Waals surface area (Å²) >= 11 is 0. The third kappa shape index (κ3) is 4.12. The lowest BCUT2D eigenvalue weighted by atomic mass is 9.97. The first kappa shape index (κ1) is 19.3. The maximum Gasteiger partial charge on any atom is 0.422 e. The highest BCUT2D eigenvalue weighted by Crippen LogP contribution is 2.37. The number of benzene rings is 3. The fourth-order valence-electron chi connectivity index (χ4n) is 3.21. The molecule has 0 aliphatic heterocycles. The highest BCUT2D eigenvalue weighted by atomic mass is 19.4. The Morgan fingerprint density at radius 1 is 0.815 bits per heavy atom. The molecule has 0 aliphatic carbocycles. The molecule has 3 rings (SSSR count). The zero-order valence-electron chi connectivity index (χ0n) is 14.8. The van der Waals surface area contributed by atoms with E-state index in [-0.39, 0.29) is 10.8 Å². The summed E-state index contributed by atoms with van der Waals surface area (Å²) in [5, 5.41) is -0.147. The van der Waals surface area contributed by atoms with Gasteiger partial charge in [-0.15, -0.1) is 0 Å². The molecule has 0 fully saturated rings. The Hall–Kier alpha value is -2.43. The van der Waals surface area contributed by atoms with Crippen molar-refractivity contribution >= 4 is 10.8 Å². The number of halogens is 5. The van der Waals surface area contributed by atoms with Gasteiger partial charge in [-0.1, -0.05) is 56.2 Å². The molecule has 27 heavy (non-hydrogen) atoms. The highest BCUT2D eigenvalue weighted by Gasteiger charge is 2.38. The molecule has 0 saturated heterocycles. The van der Waals surface area contributed by atoms with E-state index in [4.69, 9.17) is 0 Å². The lowest BCUT2D eigenvalue weighted by Gasteiger charge is -2.12. The molecular formula is C22H19F5. The maximum atomic E-state index is 14.2. The number of hydrogen-bond donors (Lipinski definition) is 0. The Labute approximate surface area is 154 Å². The summed E-state index contributed by atoms with van der Waals surface area (Å²) in [6.45, 7) is 2.14. The van der Waals surface area contributed by atoms with Gasteiger partial charge in [0.1, 0.15) is 17.2 Å². The quantitative estimate of drug-likeness (QED) is 0.318. The van der Waals surface area contributed by atoms with Crippen LogP contribution in [0.25, 0.3) is 21.9 Å². The summed E-state index contributed by atoms with van der Waals surface area (Å²) < 4.78 is 66.6. The Kier molecular flexibility index (Phi) is 5.49. The number of alkyl halides is 3. The molecule has 0 amide bonds. The van der Waals surface area contributed by atoms with Crippen molar-refractivity contribution in [2.75, 3.05) is 0 Å². The van der Waals surface area contributed by atoms with Crippen LogP contribution in [0.2, 0.25) is 0 Å². The Bertz CT molecular complexity index is 940. The molecule has 3 aromatic carbocycles. The summed E-state index contributed by atoms with van der Waals surface area (Å²) in [4.78, 5) is 0. The molecular weight excluding hydrogens is 359 g/mol. The molecule has 0 spiro atoms. The first-order chi connectivity index (χ1) is 12.8. The van der Waals surface area contributed by atoms with Gasteiger partial charge in [-0.05, 0) is 47.1 Å². The molecule has 0 atom stereocenters. The van der Waals surface area contributed by atoms with Crippen LogP contribution in [0.1, 0.15) is 37.3 Å². The lowest BCUT2D eigenvalue weighted by molar-refractivity contribution is -0.142. The smallest absolute Gasteiger partial charge is 0.206 e. The van der Waals surface area contributed by atoms with E-state index in [0.29, 0.717) is 5.56 Å². The van der Waals surface area contributed by atoms with Gasteiger partial charge in [0.25, 0.3) is 0 Å². The van der Waals surface area contributed by atoms with E-state index in [1.807, 2.05) is 24.3 Å². The fraction of sp³-hybridized carbons (Fsp3) is 0.273. The first-order valence-electron chi connectivity index (χ1n) is 8.89. The van der Waals surface area contributed by atoms with E-state index in [1.54, 1.807) is 6.07 Å². The zero-order valence-corrected chi connectivity index (χ0v) is 14.8. The predicted octanol–water partition coefficient (Wildman–Crippen LogP) is 7.54. The van der Waals surface area contributed by atoms with Gasteiger partial charge in [0.15, 0.2) is 0 Å². The second-order valence-electron chi connectivity index (χ2n) is 6.64. The third-order valence-electron chi connectivity index (χ3n) is 4.67. The van der Waals surface area contributed by atoms with E-state index >= 15 is 0 Å². The average molecular weight is 378 g/mol. The standard InChI is InChI=1S/C22H19F5/c1-2-3-4-5-14-6-8-15(9-7-14)16-10-11-18-17(12-16)13-19(23)20(21(18)24)22(25,26)27/h6-13H,2-5H2,1H3. The lowest BCUT2D eigenvalue weighted by Crippen LogP contribution is -2.11. The van der Waals surface area contributed by atoms with Gasteiger partial charge in [-0.2, -0.15) is 13.2 Å². The first-order valence-corrected chi connectivity index (χ1v) is 8.89. The molecule has 0 unspecified atom stereocenters. The number of fused-ring (bicyclic) bond motifs is 1. The van der Waals surface area contributed by atoms with Gasteiger partial charge in [0.2, 0.25) is 0 Å². The normalized spacial score (nSPS) is 11.9. The van der Waals surface area contributed by atoms with E-state index in [0.717, 1.165) is 30.9 Å². The van der Waals surface area contributed by atoms with Crippen LogP contribution in [0.5, 0.6) is 0 Å². The van der Waals surface area contributed by atoms with Crippen LogP contribution in [0, 0.1) is 11.6 Å². The Morgan fingerprint density at radius 2 is 1.48 bits per heavy atom. The van der Waals surface area contributed by atoms with Crippen LogP contribution in [0.15, 0.2) is 48.5 Å². The molecule has 0 nitrogen and oxygen atoms in total. The number of aryl methyl sites for hydroxylation is 1. The number of hydrogen-bond acceptors (Lipinski definition) is 0. The van der Waals surface area contributed by atoms with E-state index in [1.165, 1.54) is 24.1 Å². The van der Waals surface area contributed by atoms with Crippen LogP contribution in [0.3, 0.4) is 0 Å².